The molecule has 3 aromatic rings. The maximum absolute atomic E-state index is 12.3. The Labute approximate surface area is 163 Å². The lowest BCUT2D eigenvalue weighted by Crippen LogP contribution is -2.21. The summed E-state index contributed by atoms with van der Waals surface area (Å²) in [7, 11) is 1.85. The number of anilines is 1. The van der Waals surface area contributed by atoms with Gasteiger partial charge in [-0.05, 0) is 43.2 Å². The van der Waals surface area contributed by atoms with Crippen LogP contribution in [0.2, 0.25) is 5.02 Å². The summed E-state index contributed by atoms with van der Waals surface area (Å²) < 4.78 is 7.53. The van der Waals surface area contributed by atoms with Gasteiger partial charge in [0, 0.05) is 18.5 Å². The Kier molecular flexibility index (Phi) is 5.81. The molecule has 5 nitrogen and oxygen atoms in total. The van der Waals surface area contributed by atoms with Gasteiger partial charge in [-0.15, -0.1) is 0 Å². The van der Waals surface area contributed by atoms with Gasteiger partial charge in [0.05, 0.1) is 17.1 Å². The van der Waals surface area contributed by atoms with Crippen LogP contribution in [0.25, 0.3) is 0 Å². The van der Waals surface area contributed by atoms with E-state index in [-0.39, 0.29) is 12.5 Å². The third-order valence-electron chi connectivity index (χ3n) is 4.39. The number of halogens is 1. The highest BCUT2D eigenvalue weighted by Gasteiger charge is 2.14. The van der Waals surface area contributed by atoms with Crippen LogP contribution < -0.4 is 10.1 Å². The highest BCUT2D eigenvalue weighted by molar-refractivity contribution is 6.30. The predicted molar refractivity (Wildman–Crippen MR) is 108 cm³/mol. The number of carbonyl (C=O) groups excluding carboxylic acids is 1. The number of hydrogen-bond acceptors (Lipinski definition) is 3. The van der Waals surface area contributed by atoms with Crippen molar-refractivity contribution >= 4 is 23.2 Å². The SMILES string of the molecule is Cc1nn(C)c(C)c1NC(=O)COc1ccc(Cl)cc1Cc1ccccc1. The molecule has 0 fully saturated rings. The lowest BCUT2D eigenvalue weighted by Gasteiger charge is -2.12. The molecule has 0 unspecified atom stereocenters. The highest BCUT2D eigenvalue weighted by atomic mass is 35.5. The molecule has 0 saturated heterocycles. The van der Waals surface area contributed by atoms with Crippen LogP contribution in [0.15, 0.2) is 48.5 Å². The molecule has 0 aliphatic carbocycles. The number of ether oxygens (including phenoxy) is 1. The number of aryl methyl sites for hydroxylation is 2. The number of carbonyl (C=O) groups is 1. The molecule has 0 aliphatic rings. The Hall–Kier alpha value is -2.79. The van der Waals surface area contributed by atoms with Gasteiger partial charge in [-0.2, -0.15) is 5.10 Å². The second-order valence-electron chi connectivity index (χ2n) is 6.42. The van der Waals surface area contributed by atoms with Gasteiger partial charge in [-0.3, -0.25) is 9.48 Å². The van der Waals surface area contributed by atoms with Crippen LogP contribution >= 0.6 is 11.6 Å². The van der Waals surface area contributed by atoms with Crippen LogP contribution in [0.5, 0.6) is 5.75 Å². The van der Waals surface area contributed by atoms with Crippen molar-refractivity contribution in [2.75, 3.05) is 11.9 Å². The molecule has 1 aromatic heterocycles. The molecule has 1 heterocycles. The minimum Gasteiger partial charge on any atom is -0.483 e. The zero-order valence-corrected chi connectivity index (χ0v) is 16.4. The van der Waals surface area contributed by atoms with E-state index in [1.165, 1.54) is 0 Å². The van der Waals surface area contributed by atoms with Crippen molar-refractivity contribution in [2.45, 2.75) is 20.3 Å². The first-order valence-corrected chi connectivity index (χ1v) is 9.07. The molecule has 0 atom stereocenters. The lowest BCUT2D eigenvalue weighted by atomic mass is 10.0. The third-order valence-corrected chi connectivity index (χ3v) is 4.63. The van der Waals surface area contributed by atoms with Gasteiger partial charge < -0.3 is 10.1 Å². The third kappa shape index (κ3) is 4.68. The van der Waals surface area contributed by atoms with Crippen molar-refractivity contribution in [1.29, 1.82) is 0 Å². The standard InChI is InChI=1S/C21H22ClN3O2/c1-14-21(15(2)25(3)24-14)23-20(26)13-27-19-10-9-18(22)12-17(19)11-16-7-5-4-6-8-16/h4-10,12H,11,13H2,1-3H3,(H,23,26). The average Bonchev–Trinajstić information content (AvgIpc) is 2.88. The molecular weight excluding hydrogens is 362 g/mol. The fraction of sp³-hybridized carbons (Fsp3) is 0.238. The predicted octanol–water partition coefficient (Wildman–Crippen LogP) is 4.30. The number of nitrogens with one attached hydrogen (secondary N) is 1. The van der Waals surface area contributed by atoms with Crippen LogP contribution in [0.1, 0.15) is 22.5 Å². The lowest BCUT2D eigenvalue weighted by molar-refractivity contribution is -0.118. The number of nitrogens with zero attached hydrogens (tertiary/aromatic N) is 2. The van der Waals surface area contributed by atoms with Crippen molar-refractivity contribution in [1.82, 2.24) is 9.78 Å². The fourth-order valence-corrected chi connectivity index (χ4v) is 3.11. The quantitative estimate of drug-likeness (QED) is 0.690. The number of benzene rings is 2. The maximum Gasteiger partial charge on any atom is 0.262 e. The van der Waals surface area contributed by atoms with E-state index in [0.717, 1.165) is 28.2 Å². The molecular formula is C21H22ClN3O2. The molecule has 3 rings (SSSR count). The van der Waals surface area contributed by atoms with Gasteiger partial charge in [0.1, 0.15) is 5.75 Å². The van der Waals surface area contributed by atoms with E-state index >= 15 is 0 Å². The summed E-state index contributed by atoms with van der Waals surface area (Å²) in [5.74, 6) is 0.424. The Morgan fingerprint density at radius 1 is 1.19 bits per heavy atom. The van der Waals surface area contributed by atoms with E-state index in [1.807, 2.05) is 57.3 Å². The summed E-state index contributed by atoms with van der Waals surface area (Å²) in [6.45, 7) is 3.69. The summed E-state index contributed by atoms with van der Waals surface area (Å²) >= 11 is 6.15. The molecule has 1 N–H and O–H groups in total. The highest BCUT2D eigenvalue weighted by Crippen LogP contribution is 2.26. The Bertz CT molecular complexity index is 952. The summed E-state index contributed by atoms with van der Waals surface area (Å²) in [4.78, 5) is 12.3. The Balaban J connectivity index is 1.69. The number of aromatic nitrogens is 2. The van der Waals surface area contributed by atoms with Crippen molar-refractivity contribution < 1.29 is 9.53 Å². The Morgan fingerprint density at radius 2 is 1.93 bits per heavy atom. The van der Waals surface area contributed by atoms with Crippen molar-refractivity contribution in [3.05, 3.63) is 76.1 Å². The Morgan fingerprint density at radius 3 is 2.59 bits per heavy atom. The van der Waals surface area contributed by atoms with E-state index in [9.17, 15) is 4.79 Å². The summed E-state index contributed by atoms with van der Waals surface area (Å²) in [5.41, 5.74) is 4.49. The first kappa shape index (κ1) is 19.0. The van der Waals surface area contributed by atoms with Crippen molar-refractivity contribution in [3.63, 3.8) is 0 Å². The van der Waals surface area contributed by atoms with E-state index in [1.54, 1.807) is 16.8 Å². The van der Waals surface area contributed by atoms with Crippen molar-refractivity contribution in [3.8, 4) is 5.75 Å². The zero-order valence-electron chi connectivity index (χ0n) is 15.6. The molecule has 27 heavy (non-hydrogen) atoms. The van der Waals surface area contributed by atoms with Crippen LogP contribution in [-0.4, -0.2) is 22.3 Å². The topological polar surface area (TPSA) is 56.2 Å². The molecule has 0 spiro atoms. The molecule has 1 amide bonds. The second-order valence-corrected chi connectivity index (χ2v) is 6.86. The van der Waals surface area contributed by atoms with Crippen LogP contribution in [0.4, 0.5) is 5.69 Å². The summed E-state index contributed by atoms with van der Waals surface area (Å²) in [6, 6.07) is 15.5. The van der Waals surface area contributed by atoms with E-state index < -0.39 is 0 Å². The van der Waals surface area contributed by atoms with E-state index in [2.05, 4.69) is 10.4 Å². The fourth-order valence-electron chi connectivity index (χ4n) is 2.92. The number of hydrogen-bond donors (Lipinski definition) is 1. The van der Waals surface area contributed by atoms with Gasteiger partial charge >= 0.3 is 0 Å². The molecule has 140 valence electrons. The maximum atomic E-state index is 12.3. The minimum atomic E-state index is -0.227. The molecule has 6 heteroatoms. The molecule has 2 aromatic carbocycles. The average molecular weight is 384 g/mol. The van der Waals surface area contributed by atoms with Gasteiger partial charge in [0.2, 0.25) is 0 Å². The minimum absolute atomic E-state index is 0.0861. The molecule has 0 aliphatic heterocycles. The van der Waals surface area contributed by atoms with E-state index in [0.29, 0.717) is 17.2 Å². The smallest absolute Gasteiger partial charge is 0.262 e. The van der Waals surface area contributed by atoms with Crippen molar-refractivity contribution in [2.24, 2.45) is 7.05 Å². The summed E-state index contributed by atoms with van der Waals surface area (Å²) in [5, 5.41) is 7.81. The van der Waals surface area contributed by atoms with Crippen LogP contribution in [0.3, 0.4) is 0 Å². The molecule has 0 bridgehead atoms. The van der Waals surface area contributed by atoms with E-state index in [4.69, 9.17) is 16.3 Å². The van der Waals surface area contributed by atoms with Gasteiger partial charge in [-0.25, -0.2) is 0 Å². The summed E-state index contributed by atoms with van der Waals surface area (Å²) in [6.07, 6.45) is 0.680. The number of amides is 1. The molecule has 0 saturated carbocycles. The molecule has 0 radical (unpaired) electrons. The number of rotatable bonds is 6. The normalized spacial score (nSPS) is 10.7. The second kappa shape index (κ2) is 8.27. The first-order chi connectivity index (χ1) is 12.9. The monoisotopic (exact) mass is 383 g/mol. The zero-order chi connectivity index (χ0) is 19.4. The first-order valence-electron chi connectivity index (χ1n) is 8.69. The van der Waals surface area contributed by atoms with Gasteiger partial charge in [0.25, 0.3) is 5.91 Å². The largest absolute Gasteiger partial charge is 0.483 e. The van der Waals surface area contributed by atoms with Gasteiger partial charge in [0.15, 0.2) is 6.61 Å². The van der Waals surface area contributed by atoms with Gasteiger partial charge in [-0.1, -0.05) is 41.9 Å². The van der Waals surface area contributed by atoms with Crippen LogP contribution in [-0.2, 0) is 18.3 Å². The van der Waals surface area contributed by atoms with Crippen LogP contribution in [0, 0.1) is 13.8 Å².